The van der Waals surface area contributed by atoms with Gasteiger partial charge in [-0.1, -0.05) is 60.7 Å². The minimum atomic E-state index is -0.960. The lowest BCUT2D eigenvalue weighted by molar-refractivity contribution is 0.0696. The largest absolute Gasteiger partial charge is 0.478 e. The summed E-state index contributed by atoms with van der Waals surface area (Å²) in [4.78, 5) is 23.3. The van der Waals surface area contributed by atoms with E-state index in [1.54, 1.807) is 25.1 Å². The van der Waals surface area contributed by atoms with Crippen LogP contribution in [0, 0.1) is 6.92 Å². The highest BCUT2D eigenvalue weighted by Crippen LogP contribution is 2.44. The average molecular weight is 387 g/mol. The number of alkyl carbamates (subject to hydrolysis) is 1. The molecule has 0 spiro atoms. The first-order valence-corrected chi connectivity index (χ1v) is 9.46. The van der Waals surface area contributed by atoms with Crippen LogP contribution in [0.3, 0.4) is 0 Å². The minimum Gasteiger partial charge on any atom is -0.478 e. The van der Waals surface area contributed by atoms with Crippen molar-refractivity contribution in [2.45, 2.75) is 19.4 Å². The van der Waals surface area contributed by atoms with E-state index in [4.69, 9.17) is 9.84 Å². The molecule has 0 aliphatic heterocycles. The Balaban J connectivity index is 1.39. The number of aryl methyl sites for hydroxylation is 1. The molecule has 0 radical (unpaired) electrons. The minimum absolute atomic E-state index is 0.0187. The van der Waals surface area contributed by atoms with Crippen molar-refractivity contribution >= 4 is 12.1 Å². The second-order valence-corrected chi connectivity index (χ2v) is 7.13. The Labute approximate surface area is 169 Å². The van der Waals surface area contributed by atoms with Gasteiger partial charge in [0.2, 0.25) is 0 Å². The van der Waals surface area contributed by atoms with E-state index in [0.717, 1.165) is 5.56 Å². The molecule has 0 aromatic heterocycles. The van der Waals surface area contributed by atoms with Crippen molar-refractivity contribution in [1.82, 2.24) is 5.32 Å². The number of carboxylic acid groups (broad SMARTS) is 1. The van der Waals surface area contributed by atoms with Crippen LogP contribution in [0.15, 0.2) is 66.7 Å². The molecule has 0 heterocycles. The van der Waals surface area contributed by atoms with Crippen LogP contribution < -0.4 is 5.32 Å². The number of aromatic carboxylic acids is 1. The van der Waals surface area contributed by atoms with Crippen molar-refractivity contribution in [1.29, 1.82) is 0 Å². The molecule has 5 heteroatoms. The molecule has 3 aromatic carbocycles. The predicted octanol–water partition coefficient (Wildman–Crippen LogP) is 4.73. The summed E-state index contributed by atoms with van der Waals surface area (Å²) in [5.41, 5.74) is 6.44. The van der Waals surface area contributed by atoms with Crippen LogP contribution >= 0.6 is 0 Å². The molecule has 0 unspecified atom stereocenters. The quantitative estimate of drug-likeness (QED) is 0.663. The summed E-state index contributed by atoms with van der Waals surface area (Å²) in [6.45, 7) is 2.27. The standard InChI is InChI=1S/C24H21NO4/c1-15-12-16(10-11-17(15)23(26)27)13-25-24(28)29-14-22-20-8-4-2-6-18(20)19-7-3-5-9-21(19)22/h2-12,22H,13-14H2,1H3,(H,25,28)(H,26,27). The Morgan fingerprint density at radius 3 is 2.17 bits per heavy atom. The van der Waals surface area contributed by atoms with E-state index in [-0.39, 0.29) is 24.6 Å². The highest BCUT2D eigenvalue weighted by atomic mass is 16.5. The van der Waals surface area contributed by atoms with Crippen molar-refractivity contribution in [3.8, 4) is 11.1 Å². The van der Waals surface area contributed by atoms with Gasteiger partial charge >= 0.3 is 12.1 Å². The maximum atomic E-state index is 12.2. The number of nitrogens with one attached hydrogen (secondary N) is 1. The molecular formula is C24H21NO4. The third kappa shape index (κ3) is 3.72. The molecule has 0 fully saturated rings. The molecule has 0 saturated heterocycles. The highest BCUT2D eigenvalue weighted by Gasteiger charge is 2.28. The fourth-order valence-electron chi connectivity index (χ4n) is 3.90. The van der Waals surface area contributed by atoms with E-state index < -0.39 is 12.1 Å². The van der Waals surface area contributed by atoms with Gasteiger partial charge in [-0.25, -0.2) is 9.59 Å². The van der Waals surface area contributed by atoms with Crippen molar-refractivity contribution in [2.75, 3.05) is 6.61 Å². The molecular weight excluding hydrogens is 366 g/mol. The maximum absolute atomic E-state index is 12.2. The van der Waals surface area contributed by atoms with Crippen molar-refractivity contribution < 1.29 is 19.4 Å². The average Bonchev–Trinajstić information content (AvgIpc) is 3.04. The normalized spacial score (nSPS) is 12.2. The number of benzene rings is 3. The van der Waals surface area contributed by atoms with E-state index in [2.05, 4.69) is 29.6 Å². The number of carbonyl (C=O) groups excluding carboxylic acids is 1. The first kappa shape index (κ1) is 18.7. The number of fused-ring (bicyclic) bond motifs is 3. The van der Waals surface area contributed by atoms with Crippen LogP contribution in [0.25, 0.3) is 11.1 Å². The molecule has 0 saturated carbocycles. The highest BCUT2D eigenvalue weighted by molar-refractivity contribution is 5.89. The first-order valence-electron chi connectivity index (χ1n) is 9.46. The molecule has 2 N–H and O–H groups in total. The smallest absolute Gasteiger partial charge is 0.407 e. The summed E-state index contributed by atoms with van der Waals surface area (Å²) in [6, 6.07) is 21.4. The molecule has 1 amide bonds. The fourth-order valence-corrected chi connectivity index (χ4v) is 3.90. The molecule has 146 valence electrons. The lowest BCUT2D eigenvalue weighted by atomic mass is 9.98. The van der Waals surface area contributed by atoms with Crippen molar-refractivity contribution in [3.05, 3.63) is 94.5 Å². The Morgan fingerprint density at radius 1 is 0.966 bits per heavy atom. The van der Waals surface area contributed by atoms with Crippen LogP contribution in [0.5, 0.6) is 0 Å². The van der Waals surface area contributed by atoms with Gasteiger partial charge < -0.3 is 15.2 Å². The van der Waals surface area contributed by atoms with Crippen LogP contribution in [0.4, 0.5) is 4.79 Å². The molecule has 1 aliphatic rings. The zero-order valence-electron chi connectivity index (χ0n) is 16.0. The summed E-state index contributed by atoms with van der Waals surface area (Å²) >= 11 is 0. The number of hydrogen-bond donors (Lipinski definition) is 2. The lowest BCUT2D eigenvalue weighted by Crippen LogP contribution is -2.25. The van der Waals surface area contributed by atoms with Crippen LogP contribution in [0.2, 0.25) is 0 Å². The second-order valence-electron chi connectivity index (χ2n) is 7.13. The van der Waals surface area contributed by atoms with Crippen LogP contribution in [-0.4, -0.2) is 23.8 Å². The first-order chi connectivity index (χ1) is 14.0. The van der Waals surface area contributed by atoms with E-state index in [1.807, 2.05) is 24.3 Å². The third-order valence-electron chi connectivity index (χ3n) is 5.30. The molecule has 4 rings (SSSR count). The lowest BCUT2D eigenvalue weighted by Gasteiger charge is -2.14. The van der Waals surface area contributed by atoms with Gasteiger partial charge in [0.1, 0.15) is 6.61 Å². The Bertz CT molecular complexity index is 1040. The summed E-state index contributed by atoms with van der Waals surface area (Å²) in [6.07, 6.45) is -0.494. The van der Waals surface area contributed by atoms with E-state index >= 15 is 0 Å². The Hall–Kier alpha value is -3.60. The van der Waals surface area contributed by atoms with Gasteiger partial charge in [0.15, 0.2) is 0 Å². The molecule has 3 aromatic rings. The number of carbonyl (C=O) groups is 2. The van der Waals surface area contributed by atoms with Crippen molar-refractivity contribution in [2.24, 2.45) is 0 Å². The summed E-state index contributed by atoms with van der Waals surface area (Å²) in [7, 11) is 0. The zero-order valence-corrected chi connectivity index (χ0v) is 16.0. The maximum Gasteiger partial charge on any atom is 0.407 e. The number of carboxylic acids is 1. The monoisotopic (exact) mass is 387 g/mol. The van der Waals surface area contributed by atoms with Crippen molar-refractivity contribution in [3.63, 3.8) is 0 Å². The second kappa shape index (κ2) is 7.80. The Kier molecular flexibility index (Phi) is 5.04. The van der Waals surface area contributed by atoms with E-state index in [0.29, 0.717) is 5.56 Å². The SMILES string of the molecule is Cc1cc(CNC(=O)OCC2c3ccccc3-c3ccccc32)ccc1C(=O)O. The fraction of sp³-hybridized carbons (Fsp3) is 0.167. The van der Waals surface area contributed by atoms with E-state index in [1.165, 1.54) is 22.3 Å². The van der Waals surface area contributed by atoms with Gasteiger partial charge in [0.05, 0.1) is 5.56 Å². The van der Waals surface area contributed by atoms with Gasteiger partial charge in [-0.3, -0.25) is 0 Å². The Morgan fingerprint density at radius 2 is 1.59 bits per heavy atom. The topological polar surface area (TPSA) is 75.6 Å². The number of ether oxygens (including phenoxy) is 1. The van der Waals surface area contributed by atoms with Crippen LogP contribution in [0.1, 0.15) is 38.5 Å². The number of amides is 1. The zero-order chi connectivity index (χ0) is 20.4. The van der Waals surface area contributed by atoms with Gasteiger partial charge in [-0.2, -0.15) is 0 Å². The van der Waals surface area contributed by atoms with E-state index in [9.17, 15) is 9.59 Å². The third-order valence-corrected chi connectivity index (χ3v) is 5.30. The summed E-state index contributed by atoms with van der Waals surface area (Å²) in [5, 5.41) is 11.8. The molecule has 1 aliphatic carbocycles. The number of rotatable bonds is 5. The number of hydrogen-bond acceptors (Lipinski definition) is 3. The molecule has 0 atom stereocenters. The van der Waals surface area contributed by atoms with Gasteiger partial charge in [-0.05, 0) is 46.4 Å². The van der Waals surface area contributed by atoms with Gasteiger partial charge in [-0.15, -0.1) is 0 Å². The van der Waals surface area contributed by atoms with Gasteiger partial charge in [0, 0.05) is 12.5 Å². The molecule has 0 bridgehead atoms. The van der Waals surface area contributed by atoms with Crippen LogP contribution in [-0.2, 0) is 11.3 Å². The van der Waals surface area contributed by atoms with Gasteiger partial charge in [0.25, 0.3) is 0 Å². The summed E-state index contributed by atoms with van der Waals surface area (Å²) < 4.78 is 5.51. The molecule has 29 heavy (non-hydrogen) atoms. The summed E-state index contributed by atoms with van der Waals surface area (Å²) in [5.74, 6) is -0.941. The predicted molar refractivity (Wildman–Crippen MR) is 110 cm³/mol. The molecule has 5 nitrogen and oxygen atoms in total.